The standard InChI is InChI=1S/C26H25N3O4S2/c1-32-19-9-11-22(23(15-19)33-2)29-25(31)20-10-8-18(14-21(20)28-26(29)34)24(30)27-12-13-35-16-17-6-4-3-5-7-17/h3-11,14-15H,12-13,16H2,1-2H3,(H,27,30)(H,28,34). The average molecular weight is 508 g/mol. The summed E-state index contributed by atoms with van der Waals surface area (Å²) in [5.41, 5.74) is 2.39. The predicted molar refractivity (Wildman–Crippen MR) is 143 cm³/mol. The monoisotopic (exact) mass is 507 g/mol. The third kappa shape index (κ3) is 5.58. The van der Waals surface area contributed by atoms with Crippen LogP contribution in [0.2, 0.25) is 0 Å². The molecule has 35 heavy (non-hydrogen) atoms. The summed E-state index contributed by atoms with van der Waals surface area (Å²) in [7, 11) is 3.07. The topological polar surface area (TPSA) is 85.4 Å². The number of rotatable bonds is 9. The van der Waals surface area contributed by atoms with Crippen LogP contribution in [0, 0.1) is 4.77 Å². The quantitative estimate of drug-likeness (QED) is 0.252. The number of ether oxygens (including phenoxy) is 2. The van der Waals surface area contributed by atoms with Gasteiger partial charge >= 0.3 is 0 Å². The third-order valence-electron chi connectivity index (χ3n) is 5.43. The molecule has 2 N–H and O–H groups in total. The van der Waals surface area contributed by atoms with Crippen molar-refractivity contribution in [3.8, 4) is 17.2 Å². The fourth-order valence-electron chi connectivity index (χ4n) is 3.65. The van der Waals surface area contributed by atoms with Crippen molar-refractivity contribution in [2.45, 2.75) is 5.75 Å². The number of nitrogens with zero attached hydrogens (tertiary/aromatic N) is 1. The van der Waals surface area contributed by atoms with Crippen molar-refractivity contribution in [3.05, 3.63) is 93.0 Å². The summed E-state index contributed by atoms with van der Waals surface area (Å²) >= 11 is 7.24. The Bertz CT molecular complexity index is 1470. The zero-order chi connectivity index (χ0) is 24.8. The molecule has 1 amide bonds. The van der Waals surface area contributed by atoms with Crippen LogP contribution in [-0.4, -0.2) is 42.0 Å². The molecule has 0 aliphatic rings. The minimum absolute atomic E-state index is 0.195. The molecule has 0 unspecified atom stereocenters. The molecule has 0 aliphatic carbocycles. The average Bonchev–Trinajstić information content (AvgIpc) is 2.88. The SMILES string of the molecule is COc1ccc(-n2c(=S)[nH]c3cc(C(=O)NCCSCc4ccccc4)ccc3c2=O)c(OC)c1. The van der Waals surface area contributed by atoms with Crippen molar-refractivity contribution in [2.75, 3.05) is 26.5 Å². The van der Waals surface area contributed by atoms with Gasteiger partial charge < -0.3 is 19.8 Å². The van der Waals surface area contributed by atoms with Gasteiger partial charge in [-0.2, -0.15) is 11.8 Å². The molecular formula is C26H25N3O4S2. The molecular weight excluding hydrogens is 482 g/mol. The minimum atomic E-state index is -0.309. The number of aromatic nitrogens is 2. The van der Waals surface area contributed by atoms with Gasteiger partial charge in [0.25, 0.3) is 11.5 Å². The van der Waals surface area contributed by atoms with E-state index in [9.17, 15) is 9.59 Å². The lowest BCUT2D eigenvalue weighted by Crippen LogP contribution is -2.26. The zero-order valence-corrected chi connectivity index (χ0v) is 21.0. The minimum Gasteiger partial charge on any atom is -0.497 e. The number of aromatic amines is 1. The van der Waals surface area contributed by atoms with Gasteiger partial charge in [-0.3, -0.25) is 9.59 Å². The molecule has 4 aromatic rings. The van der Waals surface area contributed by atoms with Crippen LogP contribution in [0.5, 0.6) is 11.5 Å². The maximum absolute atomic E-state index is 13.3. The number of benzene rings is 3. The lowest BCUT2D eigenvalue weighted by Gasteiger charge is -2.13. The number of hydrogen-bond acceptors (Lipinski definition) is 6. The molecule has 3 aromatic carbocycles. The van der Waals surface area contributed by atoms with E-state index in [4.69, 9.17) is 21.7 Å². The van der Waals surface area contributed by atoms with Gasteiger partial charge in [-0.05, 0) is 48.1 Å². The maximum Gasteiger partial charge on any atom is 0.266 e. The molecule has 0 fully saturated rings. The molecule has 0 radical (unpaired) electrons. The first kappa shape index (κ1) is 24.6. The molecule has 1 aromatic heterocycles. The number of thioether (sulfide) groups is 1. The van der Waals surface area contributed by atoms with E-state index in [1.165, 1.54) is 17.2 Å². The van der Waals surface area contributed by atoms with E-state index in [1.54, 1.807) is 55.3 Å². The Labute approximate surface area is 212 Å². The smallest absolute Gasteiger partial charge is 0.266 e. The van der Waals surface area contributed by atoms with Crippen LogP contribution in [0.15, 0.2) is 71.5 Å². The van der Waals surface area contributed by atoms with Gasteiger partial charge in [-0.15, -0.1) is 0 Å². The van der Waals surface area contributed by atoms with Gasteiger partial charge in [0.1, 0.15) is 11.5 Å². The molecule has 0 aliphatic heterocycles. The number of carbonyl (C=O) groups is 1. The van der Waals surface area contributed by atoms with Crippen molar-refractivity contribution in [2.24, 2.45) is 0 Å². The van der Waals surface area contributed by atoms with Crippen molar-refractivity contribution in [1.29, 1.82) is 0 Å². The number of amides is 1. The molecule has 9 heteroatoms. The summed E-state index contributed by atoms with van der Waals surface area (Å²) in [6, 6.07) is 20.3. The Morgan fingerprint density at radius 2 is 1.86 bits per heavy atom. The highest BCUT2D eigenvalue weighted by atomic mass is 32.2. The van der Waals surface area contributed by atoms with Crippen molar-refractivity contribution in [3.63, 3.8) is 0 Å². The Morgan fingerprint density at radius 3 is 2.60 bits per heavy atom. The lowest BCUT2D eigenvalue weighted by atomic mass is 10.1. The Hall–Kier alpha value is -3.56. The first-order chi connectivity index (χ1) is 17.0. The van der Waals surface area contributed by atoms with E-state index in [-0.39, 0.29) is 16.2 Å². The fourth-order valence-corrected chi connectivity index (χ4v) is 4.76. The number of H-pyrrole nitrogens is 1. The van der Waals surface area contributed by atoms with E-state index in [0.29, 0.717) is 40.2 Å². The normalized spacial score (nSPS) is 10.8. The van der Waals surface area contributed by atoms with Gasteiger partial charge in [0.05, 0.1) is 30.8 Å². The van der Waals surface area contributed by atoms with E-state index < -0.39 is 0 Å². The maximum atomic E-state index is 13.3. The Morgan fingerprint density at radius 1 is 1.06 bits per heavy atom. The molecule has 180 valence electrons. The van der Waals surface area contributed by atoms with Crippen LogP contribution < -0.4 is 20.3 Å². The second kappa shape index (κ2) is 11.2. The van der Waals surface area contributed by atoms with Gasteiger partial charge in [-0.1, -0.05) is 30.3 Å². The van der Waals surface area contributed by atoms with E-state index >= 15 is 0 Å². The largest absolute Gasteiger partial charge is 0.497 e. The van der Waals surface area contributed by atoms with E-state index in [1.807, 2.05) is 18.2 Å². The highest BCUT2D eigenvalue weighted by Gasteiger charge is 2.14. The predicted octanol–water partition coefficient (Wildman–Crippen LogP) is 4.73. The summed E-state index contributed by atoms with van der Waals surface area (Å²) in [4.78, 5) is 29.0. The third-order valence-corrected chi connectivity index (χ3v) is 6.75. The second-order valence-electron chi connectivity index (χ2n) is 7.66. The second-order valence-corrected chi connectivity index (χ2v) is 9.15. The number of carbonyl (C=O) groups excluding carboxylic acids is 1. The van der Waals surface area contributed by atoms with Crippen molar-refractivity contribution < 1.29 is 14.3 Å². The highest BCUT2D eigenvalue weighted by molar-refractivity contribution is 7.98. The molecule has 0 saturated heterocycles. The van der Waals surface area contributed by atoms with Crippen LogP contribution in [0.25, 0.3) is 16.6 Å². The molecule has 1 heterocycles. The molecule has 7 nitrogen and oxygen atoms in total. The van der Waals surface area contributed by atoms with Gasteiger partial charge in [-0.25, -0.2) is 4.57 Å². The van der Waals surface area contributed by atoms with Crippen LogP contribution in [0.3, 0.4) is 0 Å². The number of methoxy groups -OCH3 is 2. The fraction of sp³-hybridized carbons (Fsp3) is 0.192. The van der Waals surface area contributed by atoms with Crippen LogP contribution in [0.4, 0.5) is 0 Å². The van der Waals surface area contributed by atoms with E-state index in [0.717, 1.165) is 11.5 Å². The number of fused-ring (bicyclic) bond motifs is 1. The van der Waals surface area contributed by atoms with Gasteiger partial charge in [0, 0.05) is 29.7 Å². The van der Waals surface area contributed by atoms with E-state index in [2.05, 4.69) is 22.4 Å². The summed E-state index contributed by atoms with van der Waals surface area (Å²) in [6.45, 7) is 0.545. The van der Waals surface area contributed by atoms with Gasteiger partial charge in [0.2, 0.25) is 0 Å². The number of hydrogen-bond donors (Lipinski definition) is 2. The lowest BCUT2D eigenvalue weighted by molar-refractivity contribution is 0.0956. The summed E-state index contributed by atoms with van der Waals surface area (Å²) < 4.78 is 12.2. The van der Waals surface area contributed by atoms with Gasteiger partial charge in [0.15, 0.2) is 4.77 Å². The first-order valence-electron chi connectivity index (χ1n) is 10.9. The molecule has 4 rings (SSSR count). The van der Waals surface area contributed by atoms with Crippen LogP contribution in [0.1, 0.15) is 15.9 Å². The molecule has 0 atom stereocenters. The first-order valence-corrected chi connectivity index (χ1v) is 12.5. The summed E-state index contributed by atoms with van der Waals surface area (Å²) in [5, 5.41) is 3.34. The Balaban J connectivity index is 1.50. The highest BCUT2D eigenvalue weighted by Crippen LogP contribution is 2.27. The molecule has 0 spiro atoms. The molecule has 0 saturated carbocycles. The Kier molecular flexibility index (Phi) is 7.89. The summed E-state index contributed by atoms with van der Waals surface area (Å²) in [6.07, 6.45) is 0. The molecule has 0 bridgehead atoms. The summed E-state index contributed by atoms with van der Waals surface area (Å²) in [5.74, 6) is 2.54. The van der Waals surface area contributed by atoms with Crippen LogP contribution >= 0.6 is 24.0 Å². The van der Waals surface area contributed by atoms with Crippen molar-refractivity contribution in [1.82, 2.24) is 14.9 Å². The zero-order valence-electron chi connectivity index (χ0n) is 19.4. The van der Waals surface area contributed by atoms with Crippen molar-refractivity contribution >= 4 is 40.8 Å². The van der Waals surface area contributed by atoms with Crippen LogP contribution in [-0.2, 0) is 5.75 Å². The number of nitrogens with one attached hydrogen (secondary N) is 2.